The Kier molecular flexibility index (Phi) is 3.78. The Bertz CT molecular complexity index is 585. The molecule has 2 amide bonds. The molecule has 1 saturated carbocycles. The van der Waals surface area contributed by atoms with E-state index in [1.807, 2.05) is 37.3 Å². The van der Waals surface area contributed by atoms with E-state index < -0.39 is 0 Å². The molecule has 110 valence electrons. The SMILES string of the molecule is Cc1ccc(C(=O)N2CC=C(C(=O)NC3CC3)CC2)cc1. The van der Waals surface area contributed by atoms with E-state index in [1.54, 1.807) is 4.90 Å². The second-order valence-corrected chi connectivity index (χ2v) is 5.84. The lowest BCUT2D eigenvalue weighted by Gasteiger charge is -2.26. The highest BCUT2D eigenvalue weighted by Crippen LogP contribution is 2.21. The van der Waals surface area contributed by atoms with Crippen LogP contribution in [-0.2, 0) is 4.79 Å². The number of nitrogens with one attached hydrogen (secondary N) is 1. The molecular formula is C17H20N2O2. The Balaban J connectivity index is 1.61. The lowest BCUT2D eigenvalue weighted by molar-refractivity contribution is -0.117. The van der Waals surface area contributed by atoms with Gasteiger partial charge in [0.2, 0.25) is 5.91 Å². The van der Waals surface area contributed by atoms with Crippen molar-refractivity contribution in [2.24, 2.45) is 0 Å². The Morgan fingerprint density at radius 1 is 1.19 bits per heavy atom. The van der Waals surface area contributed by atoms with Crippen molar-refractivity contribution in [1.82, 2.24) is 10.2 Å². The number of nitrogens with zero attached hydrogens (tertiary/aromatic N) is 1. The fourth-order valence-electron chi connectivity index (χ4n) is 2.44. The minimum absolute atomic E-state index is 0.0351. The molecule has 3 rings (SSSR count). The van der Waals surface area contributed by atoms with Gasteiger partial charge in [0.05, 0.1) is 0 Å². The standard InChI is InChI=1S/C17H20N2O2/c1-12-2-4-14(5-3-12)17(21)19-10-8-13(9-11-19)16(20)18-15-6-7-15/h2-5,8,15H,6-7,9-11H2,1H3,(H,18,20). The smallest absolute Gasteiger partial charge is 0.254 e. The number of benzene rings is 1. The summed E-state index contributed by atoms with van der Waals surface area (Å²) in [5, 5.41) is 2.99. The molecule has 1 aromatic carbocycles. The van der Waals surface area contributed by atoms with E-state index >= 15 is 0 Å². The summed E-state index contributed by atoms with van der Waals surface area (Å²) in [6, 6.07) is 7.99. The molecule has 1 fully saturated rings. The maximum atomic E-state index is 12.4. The Morgan fingerprint density at radius 3 is 2.48 bits per heavy atom. The van der Waals surface area contributed by atoms with E-state index in [0.29, 0.717) is 31.1 Å². The first-order chi connectivity index (χ1) is 10.1. The van der Waals surface area contributed by atoms with Gasteiger partial charge in [-0.15, -0.1) is 0 Å². The summed E-state index contributed by atoms with van der Waals surface area (Å²) >= 11 is 0. The highest BCUT2D eigenvalue weighted by Gasteiger charge is 2.26. The first-order valence-corrected chi connectivity index (χ1v) is 7.49. The highest BCUT2D eigenvalue weighted by molar-refractivity contribution is 5.96. The van der Waals surface area contributed by atoms with Crippen LogP contribution < -0.4 is 5.32 Å². The van der Waals surface area contributed by atoms with E-state index in [1.165, 1.54) is 0 Å². The molecule has 0 saturated heterocycles. The molecule has 0 aromatic heterocycles. The van der Waals surface area contributed by atoms with Crippen molar-refractivity contribution in [1.29, 1.82) is 0 Å². The molecule has 0 atom stereocenters. The third kappa shape index (κ3) is 3.32. The van der Waals surface area contributed by atoms with Crippen molar-refractivity contribution in [3.05, 3.63) is 47.0 Å². The summed E-state index contributed by atoms with van der Waals surface area (Å²) in [5.41, 5.74) is 2.67. The van der Waals surface area contributed by atoms with Crippen molar-refractivity contribution in [3.63, 3.8) is 0 Å². The van der Waals surface area contributed by atoms with Crippen LogP contribution in [0.25, 0.3) is 0 Å². The molecule has 1 aliphatic carbocycles. The van der Waals surface area contributed by atoms with E-state index in [0.717, 1.165) is 24.0 Å². The van der Waals surface area contributed by atoms with E-state index in [2.05, 4.69) is 5.32 Å². The fourth-order valence-corrected chi connectivity index (χ4v) is 2.44. The summed E-state index contributed by atoms with van der Waals surface area (Å²) in [4.78, 5) is 26.1. The monoisotopic (exact) mass is 284 g/mol. The molecule has 0 radical (unpaired) electrons. The number of rotatable bonds is 3. The molecule has 1 heterocycles. The number of hydrogen-bond acceptors (Lipinski definition) is 2. The summed E-state index contributed by atoms with van der Waals surface area (Å²) in [7, 11) is 0. The number of amides is 2. The van der Waals surface area contributed by atoms with Gasteiger partial charge < -0.3 is 10.2 Å². The van der Waals surface area contributed by atoms with Gasteiger partial charge in [0.15, 0.2) is 0 Å². The van der Waals surface area contributed by atoms with Crippen LogP contribution in [0.3, 0.4) is 0 Å². The first kappa shape index (κ1) is 13.9. The molecule has 4 heteroatoms. The maximum Gasteiger partial charge on any atom is 0.254 e. The molecule has 0 unspecified atom stereocenters. The zero-order chi connectivity index (χ0) is 14.8. The van der Waals surface area contributed by atoms with Crippen molar-refractivity contribution in [2.45, 2.75) is 32.2 Å². The Hall–Kier alpha value is -2.10. The minimum atomic E-state index is 0.0351. The molecular weight excluding hydrogens is 264 g/mol. The summed E-state index contributed by atoms with van der Waals surface area (Å²) < 4.78 is 0. The summed E-state index contributed by atoms with van der Waals surface area (Å²) in [6.07, 6.45) is 4.71. The molecule has 0 bridgehead atoms. The molecule has 2 aliphatic rings. The van der Waals surface area contributed by atoms with Gasteiger partial charge in [0, 0.05) is 30.3 Å². The number of carbonyl (C=O) groups is 2. The van der Waals surface area contributed by atoms with Crippen molar-refractivity contribution < 1.29 is 9.59 Å². The number of carbonyl (C=O) groups excluding carboxylic acids is 2. The topological polar surface area (TPSA) is 49.4 Å². The second-order valence-electron chi connectivity index (χ2n) is 5.84. The second kappa shape index (κ2) is 5.72. The van der Waals surface area contributed by atoms with Crippen LogP contribution in [0.2, 0.25) is 0 Å². The highest BCUT2D eigenvalue weighted by atomic mass is 16.2. The van der Waals surface area contributed by atoms with E-state index in [-0.39, 0.29) is 11.8 Å². The average molecular weight is 284 g/mol. The quantitative estimate of drug-likeness (QED) is 0.923. The van der Waals surface area contributed by atoms with Crippen LogP contribution in [0.15, 0.2) is 35.9 Å². The lowest BCUT2D eigenvalue weighted by Crippen LogP contribution is -2.38. The van der Waals surface area contributed by atoms with Gasteiger partial charge in [-0.1, -0.05) is 23.8 Å². The average Bonchev–Trinajstić information content (AvgIpc) is 3.31. The van der Waals surface area contributed by atoms with E-state index in [4.69, 9.17) is 0 Å². The van der Waals surface area contributed by atoms with Crippen LogP contribution in [0, 0.1) is 6.92 Å². The zero-order valence-corrected chi connectivity index (χ0v) is 12.3. The first-order valence-electron chi connectivity index (χ1n) is 7.49. The van der Waals surface area contributed by atoms with Crippen LogP contribution in [0.1, 0.15) is 35.2 Å². The van der Waals surface area contributed by atoms with Crippen LogP contribution in [0.4, 0.5) is 0 Å². The predicted molar refractivity (Wildman–Crippen MR) is 80.9 cm³/mol. The fraction of sp³-hybridized carbons (Fsp3) is 0.412. The molecule has 21 heavy (non-hydrogen) atoms. The van der Waals surface area contributed by atoms with Crippen LogP contribution in [-0.4, -0.2) is 35.8 Å². The Labute approximate surface area is 124 Å². The van der Waals surface area contributed by atoms with E-state index in [9.17, 15) is 9.59 Å². The van der Waals surface area contributed by atoms with Crippen molar-refractivity contribution in [2.75, 3.05) is 13.1 Å². The van der Waals surface area contributed by atoms with Gasteiger partial charge in [0.25, 0.3) is 5.91 Å². The minimum Gasteiger partial charge on any atom is -0.350 e. The summed E-state index contributed by atoms with van der Waals surface area (Å²) in [6.45, 7) is 3.12. The van der Waals surface area contributed by atoms with Gasteiger partial charge >= 0.3 is 0 Å². The predicted octanol–water partition coefficient (Wildman–Crippen LogP) is 2.05. The van der Waals surface area contributed by atoms with Crippen LogP contribution in [0.5, 0.6) is 0 Å². The summed E-state index contributed by atoms with van der Waals surface area (Å²) in [5.74, 6) is 0.0767. The molecule has 4 nitrogen and oxygen atoms in total. The number of hydrogen-bond donors (Lipinski definition) is 1. The van der Waals surface area contributed by atoms with Gasteiger partial charge in [-0.3, -0.25) is 9.59 Å². The van der Waals surface area contributed by atoms with Gasteiger partial charge in [-0.25, -0.2) is 0 Å². The molecule has 0 spiro atoms. The third-order valence-electron chi connectivity index (χ3n) is 4.00. The van der Waals surface area contributed by atoms with Gasteiger partial charge in [-0.2, -0.15) is 0 Å². The van der Waals surface area contributed by atoms with Crippen molar-refractivity contribution >= 4 is 11.8 Å². The Morgan fingerprint density at radius 2 is 1.90 bits per heavy atom. The lowest BCUT2D eigenvalue weighted by atomic mass is 10.1. The largest absolute Gasteiger partial charge is 0.350 e. The zero-order valence-electron chi connectivity index (χ0n) is 12.3. The van der Waals surface area contributed by atoms with Gasteiger partial charge in [-0.05, 0) is 38.3 Å². The van der Waals surface area contributed by atoms with Crippen LogP contribution >= 0.6 is 0 Å². The molecule has 1 aliphatic heterocycles. The molecule has 1 N–H and O–H groups in total. The molecule has 1 aromatic rings. The number of aryl methyl sites for hydroxylation is 1. The maximum absolute atomic E-state index is 12.4. The van der Waals surface area contributed by atoms with Crippen molar-refractivity contribution in [3.8, 4) is 0 Å². The third-order valence-corrected chi connectivity index (χ3v) is 4.00. The normalized spacial score (nSPS) is 18.1. The van der Waals surface area contributed by atoms with Gasteiger partial charge in [0.1, 0.15) is 0 Å².